The van der Waals surface area contributed by atoms with E-state index in [0.717, 1.165) is 12.8 Å². The topological polar surface area (TPSA) is 141 Å². The van der Waals surface area contributed by atoms with Crippen LogP contribution in [0.15, 0.2) is 30.3 Å². The Labute approximate surface area is 313 Å². The molecule has 0 bridgehead atoms. The average Bonchev–Trinajstić information content (AvgIpc) is 3.59. The zero-order valence-electron chi connectivity index (χ0n) is 34.1. The third-order valence-corrected chi connectivity index (χ3v) is 10.9. The molecule has 1 heterocycles. The minimum Gasteiger partial charge on any atom is -0.386 e. The number of carbonyl (C=O) groups is 4. The highest BCUT2D eigenvalue weighted by atomic mass is 16.5. The highest BCUT2D eigenvalue weighted by Gasteiger charge is 2.43. The van der Waals surface area contributed by atoms with E-state index in [1.54, 1.807) is 44.9 Å². The SMILES string of the molecule is CC[C@H](C)[C@H]([C@@H](CC(=O)N1CCC[C@H]1[C@H](OC)[C@@H](C)C(=O)N[C@H](C)[C@@H](O)c1ccccc1)OC)N(C)C(=O)C(NC(=O)C(C(C)C)N(C)C)C(C)C. The third kappa shape index (κ3) is 11.5. The van der Waals surface area contributed by atoms with Gasteiger partial charge >= 0.3 is 0 Å². The summed E-state index contributed by atoms with van der Waals surface area (Å²) >= 11 is 0. The fourth-order valence-corrected chi connectivity index (χ4v) is 7.78. The summed E-state index contributed by atoms with van der Waals surface area (Å²) in [6, 6.07) is 6.72. The molecule has 1 aliphatic rings. The number of methoxy groups -OCH3 is 2. The van der Waals surface area contributed by atoms with Crippen molar-refractivity contribution in [2.45, 2.75) is 130 Å². The fourth-order valence-electron chi connectivity index (χ4n) is 7.78. The largest absolute Gasteiger partial charge is 0.386 e. The van der Waals surface area contributed by atoms with E-state index in [0.29, 0.717) is 18.5 Å². The molecule has 52 heavy (non-hydrogen) atoms. The normalized spacial score (nSPS) is 20.1. The summed E-state index contributed by atoms with van der Waals surface area (Å²) in [6.07, 6.45) is 0.148. The van der Waals surface area contributed by atoms with E-state index >= 15 is 0 Å². The van der Waals surface area contributed by atoms with Crippen LogP contribution in [0.2, 0.25) is 0 Å². The van der Waals surface area contributed by atoms with Crippen LogP contribution in [-0.2, 0) is 28.7 Å². The van der Waals surface area contributed by atoms with Crippen molar-refractivity contribution in [3.05, 3.63) is 35.9 Å². The molecule has 2 unspecified atom stereocenters. The molecule has 0 radical (unpaired) electrons. The molecular weight excluding hydrogens is 662 g/mol. The molecule has 12 heteroatoms. The number of hydrogen-bond donors (Lipinski definition) is 3. The van der Waals surface area contributed by atoms with E-state index in [4.69, 9.17) is 9.47 Å². The van der Waals surface area contributed by atoms with Crippen LogP contribution in [0.4, 0.5) is 0 Å². The number of nitrogens with zero attached hydrogens (tertiary/aromatic N) is 3. The van der Waals surface area contributed by atoms with Crippen molar-refractivity contribution in [3.8, 4) is 0 Å². The van der Waals surface area contributed by atoms with Gasteiger partial charge in [-0.2, -0.15) is 0 Å². The van der Waals surface area contributed by atoms with Crippen LogP contribution in [0, 0.1) is 23.7 Å². The fraction of sp³-hybridized carbons (Fsp3) is 0.750. The number of likely N-dealkylation sites (tertiary alicyclic amines) is 1. The third-order valence-electron chi connectivity index (χ3n) is 10.9. The van der Waals surface area contributed by atoms with Gasteiger partial charge < -0.3 is 35.0 Å². The van der Waals surface area contributed by atoms with Gasteiger partial charge in [0.05, 0.1) is 54.8 Å². The molecule has 1 saturated heterocycles. The minimum absolute atomic E-state index is 0.0153. The highest BCUT2D eigenvalue weighted by Crippen LogP contribution is 2.30. The first-order valence-corrected chi connectivity index (χ1v) is 19.0. The summed E-state index contributed by atoms with van der Waals surface area (Å²) in [5, 5.41) is 16.8. The maximum absolute atomic E-state index is 14.2. The quantitative estimate of drug-likeness (QED) is 0.184. The second kappa shape index (κ2) is 21.0. The lowest BCUT2D eigenvalue weighted by Gasteiger charge is -2.41. The Morgan fingerprint density at radius 2 is 1.52 bits per heavy atom. The number of rotatable bonds is 20. The van der Waals surface area contributed by atoms with E-state index in [1.165, 1.54) is 0 Å². The number of carbonyl (C=O) groups excluding carboxylic acids is 4. The van der Waals surface area contributed by atoms with E-state index in [-0.39, 0.29) is 53.8 Å². The van der Waals surface area contributed by atoms with Gasteiger partial charge in [0.1, 0.15) is 6.04 Å². The van der Waals surface area contributed by atoms with Crippen molar-refractivity contribution < 1.29 is 33.8 Å². The zero-order valence-corrected chi connectivity index (χ0v) is 34.1. The van der Waals surface area contributed by atoms with Crippen LogP contribution in [0.5, 0.6) is 0 Å². The second-order valence-electron chi connectivity index (χ2n) is 15.6. The second-order valence-corrected chi connectivity index (χ2v) is 15.6. The van der Waals surface area contributed by atoms with Crippen molar-refractivity contribution >= 4 is 23.6 Å². The van der Waals surface area contributed by atoms with E-state index in [9.17, 15) is 24.3 Å². The first-order chi connectivity index (χ1) is 24.4. The van der Waals surface area contributed by atoms with E-state index < -0.39 is 48.4 Å². The maximum Gasteiger partial charge on any atom is 0.245 e. The molecular formula is C40H69N5O7. The maximum atomic E-state index is 14.2. The Balaban J connectivity index is 2.25. The molecule has 1 aromatic rings. The molecule has 10 atom stereocenters. The van der Waals surface area contributed by atoms with Gasteiger partial charge in [0, 0.05) is 27.8 Å². The molecule has 4 amide bonds. The molecule has 0 spiro atoms. The van der Waals surface area contributed by atoms with Crippen LogP contribution in [0.3, 0.4) is 0 Å². The molecule has 1 aromatic carbocycles. The van der Waals surface area contributed by atoms with Crippen molar-refractivity contribution in [2.75, 3.05) is 41.9 Å². The number of nitrogens with one attached hydrogen (secondary N) is 2. The number of aliphatic hydroxyl groups excluding tert-OH is 1. The first-order valence-electron chi connectivity index (χ1n) is 19.0. The van der Waals surface area contributed by atoms with Gasteiger partial charge in [-0.1, -0.05) is 85.2 Å². The molecule has 1 fully saturated rings. The number of hydrogen-bond acceptors (Lipinski definition) is 8. The number of aliphatic hydroxyl groups is 1. The zero-order chi connectivity index (χ0) is 39.4. The summed E-state index contributed by atoms with van der Waals surface area (Å²) in [7, 11) is 8.57. The van der Waals surface area contributed by atoms with Crippen molar-refractivity contribution in [2.24, 2.45) is 23.7 Å². The van der Waals surface area contributed by atoms with Gasteiger partial charge in [-0.05, 0) is 57.2 Å². The number of benzene rings is 1. The molecule has 296 valence electrons. The van der Waals surface area contributed by atoms with E-state index in [2.05, 4.69) is 10.6 Å². The predicted octanol–water partition coefficient (Wildman–Crippen LogP) is 3.87. The van der Waals surface area contributed by atoms with Gasteiger partial charge in [0.25, 0.3) is 0 Å². The summed E-state index contributed by atoms with van der Waals surface area (Å²) in [4.78, 5) is 60.6. The Bertz CT molecular complexity index is 1270. The summed E-state index contributed by atoms with van der Waals surface area (Å²) < 4.78 is 11.9. The molecule has 2 rings (SSSR count). The molecule has 12 nitrogen and oxygen atoms in total. The molecule has 0 saturated carbocycles. The van der Waals surface area contributed by atoms with Gasteiger partial charge in [0.2, 0.25) is 23.6 Å². The predicted molar refractivity (Wildman–Crippen MR) is 204 cm³/mol. The Kier molecular flexibility index (Phi) is 18.2. The first kappa shape index (κ1) is 45.1. The Hall–Kier alpha value is -3.06. The van der Waals surface area contributed by atoms with Gasteiger partial charge in [0.15, 0.2) is 0 Å². The summed E-state index contributed by atoms with van der Waals surface area (Å²) in [6.45, 7) is 16.0. The standard InChI is InChI=1S/C40H69N5O7/c1-14-26(6)35(44(11)40(50)33(24(2)3)42-39(49)34(25(4)5)43(9)10)31(51-12)23-32(46)45-22-18-21-30(45)37(52-13)27(7)38(48)41-28(8)36(47)29-19-16-15-17-20-29/h15-17,19-20,24-28,30-31,33-37,47H,14,18,21-23H2,1-13H3,(H,41,48)(H,42,49)/t26-,27+,28+,30-,31+,33?,34?,35+,36+,37+/m0/s1. The van der Waals surface area contributed by atoms with Gasteiger partial charge in [-0.3, -0.25) is 24.1 Å². The van der Waals surface area contributed by atoms with Crippen molar-refractivity contribution in [1.29, 1.82) is 0 Å². The van der Waals surface area contributed by atoms with Crippen LogP contribution in [-0.4, -0.2) is 128 Å². The molecule has 0 aromatic heterocycles. The number of amides is 4. The van der Waals surface area contributed by atoms with Crippen LogP contribution in [0.25, 0.3) is 0 Å². The monoisotopic (exact) mass is 732 g/mol. The van der Waals surface area contributed by atoms with Gasteiger partial charge in [-0.25, -0.2) is 0 Å². The van der Waals surface area contributed by atoms with Crippen LogP contribution < -0.4 is 10.6 Å². The molecule has 3 N–H and O–H groups in total. The Morgan fingerprint density at radius 3 is 2.02 bits per heavy atom. The van der Waals surface area contributed by atoms with Crippen LogP contribution >= 0.6 is 0 Å². The van der Waals surface area contributed by atoms with Crippen molar-refractivity contribution in [3.63, 3.8) is 0 Å². The Morgan fingerprint density at radius 1 is 0.904 bits per heavy atom. The van der Waals surface area contributed by atoms with Gasteiger partial charge in [-0.15, -0.1) is 0 Å². The molecule has 0 aliphatic carbocycles. The average molecular weight is 732 g/mol. The number of ether oxygens (including phenoxy) is 2. The lowest BCUT2D eigenvalue weighted by atomic mass is 9.89. The van der Waals surface area contributed by atoms with E-state index in [1.807, 2.05) is 90.9 Å². The number of likely N-dealkylation sites (N-methyl/N-ethyl adjacent to an activating group) is 2. The summed E-state index contributed by atoms with van der Waals surface area (Å²) in [5.41, 5.74) is 0.711. The summed E-state index contributed by atoms with van der Waals surface area (Å²) in [5.74, 6) is -1.57. The smallest absolute Gasteiger partial charge is 0.245 e. The lowest BCUT2D eigenvalue weighted by Crippen LogP contribution is -2.59. The van der Waals surface area contributed by atoms with Crippen LogP contribution in [0.1, 0.15) is 92.7 Å². The lowest BCUT2D eigenvalue weighted by molar-refractivity contribution is -0.148. The molecule has 1 aliphatic heterocycles. The van der Waals surface area contributed by atoms with Crippen molar-refractivity contribution in [1.82, 2.24) is 25.3 Å². The minimum atomic E-state index is -0.876. The highest BCUT2D eigenvalue weighted by molar-refractivity contribution is 5.90.